The molecular formula is C21H28N2O2. The Bertz CT molecular complexity index is 627. The number of benzene rings is 2. The molecule has 0 spiro atoms. The number of nitrogens with two attached hydrogens (primary N) is 1. The van der Waals surface area contributed by atoms with Crippen LogP contribution in [0.3, 0.4) is 0 Å². The summed E-state index contributed by atoms with van der Waals surface area (Å²) in [4.78, 5) is 12.9. The summed E-state index contributed by atoms with van der Waals surface area (Å²) in [6.45, 7) is 4.53. The molecule has 0 atom stereocenters. The fourth-order valence-corrected chi connectivity index (χ4v) is 2.94. The first-order valence-electron chi connectivity index (χ1n) is 8.87. The van der Waals surface area contributed by atoms with Crippen LogP contribution in [0.4, 0.5) is 0 Å². The number of nitrogens with one attached hydrogen (secondary N) is 1. The minimum absolute atomic E-state index is 0.287. The molecule has 4 heteroatoms. The summed E-state index contributed by atoms with van der Waals surface area (Å²) < 4.78 is 0. The number of rotatable bonds is 8. The molecule has 0 fully saturated rings. The summed E-state index contributed by atoms with van der Waals surface area (Å²) in [5.41, 5.74) is 5.38. The van der Waals surface area contributed by atoms with E-state index < -0.39 is 11.5 Å². The van der Waals surface area contributed by atoms with E-state index in [9.17, 15) is 9.90 Å². The third kappa shape index (κ3) is 4.27. The van der Waals surface area contributed by atoms with Gasteiger partial charge in [0, 0.05) is 12.1 Å². The van der Waals surface area contributed by atoms with E-state index in [0.717, 1.165) is 12.8 Å². The third-order valence-electron chi connectivity index (χ3n) is 5.03. The van der Waals surface area contributed by atoms with Crippen molar-refractivity contribution in [1.82, 2.24) is 5.32 Å². The van der Waals surface area contributed by atoms with Crippen molar-refractivity contribution in [1.29, 1.82) is 0 Å². The fraction of sp³-hybridized carbons (Fsp3) is 0.381. The molecule has 4 nitrogen and oxygen atoms in total. The van der Waals surface area contributed by atoms with Crippen molar-refractivity contribution in [3.63, 3.8) is 0 Å². The average Bonchev–Trinajstić information content (AvgIpc) is 2.68. The Balaban J connectivity index is 2.23. The van der Waals surface area contributed by atoms with Gasteiger partial charge in [-0.25, -0.2) is 0 Å². The fourth-order valence-electron chi connectivity index (χ4n) is 2.94. The lowest BCUT2D eigenvalue weighted by Gasteiger charge is -2.30. The minimum Gasteiger partial charge on any atom is -0.372 e. The predicted octanol–water partition coefficient (Wildman–Crippen LogP) is 2.95. The molecule has 134 valence electrons. The normalized spacial score (nSPS) is 12.0. The van der Waals surface area contributed by atoms with Gasteiger partial charge in [0.2, 0.25) is 0 Å². The molecule has 1 amide bonds. The maximum absolute atomic E-state index is 12.9. The van der Waals surface area contributed by atoms with Crippen LogP contribution in [-0.4, -0.2) is 23.1 Å². The van der Waals surface area contributed by atoms with Gasteiger partial charge in [-0.3, -0.25) is 4.79 Å². The molecular weight excluding hydrogens is 312 g/mol. The Morgan fingerprint density at radius 2 is 1.40 bits per heavy atom. The van der Waals surface area contributed by atoms with Gasteiger partial charge < -0.3 is 16.2 Å². The highest BCUT2D eigenvalue weighted by molar-refractivity contribution is 5.90. The molecule has 0 radical (unpaired) electrons. The standard InChI is InChI=1S/C21H28N2O2/c1-3-20(22,4-2)15-16-23-19(24)21(25,17-11-7-5-8-12-17)18-13-9-6-10-14-18/h5-14,25H,3-4,15-16,22H2,1-2H3,(H,23,24). The van der Waals surface area contributed by atoms with Crippen molar-refractivity contribution in [2.45, 2.75) is 44.2 Å². The lowest BCUT2D eigenvalue weighted by molar-refractivity contribution is -0.136. The Labute approximate surface area is 150 Å². The van der Waals surface area contributed by atoms with E-state index in [1.54, 1.807) is 24.3 Å². The average molecular weight is 340 g/mol. The topological polar surface area (TPSA) is 75.3 Å². The molecule has 0 unspecified atom stereocenters. The van der Waals surface area contributed by atoms with Crippen LogP contribution >= 0.6 is 0 Å². The monoisotopic (exact) mass is 340 g/mol. The SMILES string of the molecule is CCC(N)(CC)CCNC(=O)C(O)(c1ccccc1)c1ccccc1. The molecule has 2 aromatic carbocycles. The van der Waals surface area contributed by atoms with Gasteiger partial charge in [-0.1, -0.05) is 74.5 Å². The molecule has 0 bridgehead atoms. The number of amides is 1. The van der Waals surface area contributed by atoms with Gasteiger partial charge in [-0.15, -0.1) is 0 Å². The molecule has 0 aliphatic carbocycles. The van der Waals surface area contributed by atoms with E-state index in [2.05, 4.69) is 19.2 Å². The van der Waals surface area contributed by atoms with Crippen molar-refractivity contribution in [3.05, 3.63) is 71.8 Å². The van der Waals surface area contributed by atoms with Crippen molar-refractivity contribution < 1.29 is 9.90 Å². The highest BCUT2D eigenvalue weighted by atomic mass is 16.3. The van der Waals surface area contributed by atoms with Crippen molar-refractivity contribution in [2.24, 2.45) is 5.73 Å². The molecule has 0 aliphatic heterocycles. The van der Waals surface area contributed by atoms with Crippen molar-refractivity contribution in [2.75, 3.05) is 6.54 Å². The van der Waals surface area contributed by atoms with Crippen LogP contribution < -0.4 is 11.1 Å². The Morgan fingerprint density at radius 1 is 0.960 bits per heavy atom. The maximum Gasteiger partial charge on any atom is 0.261 e. The Morgan fingerprint density at radius 3 is 1.80 bits per heavy atom. The highest BCUT2D eigenvalue weighted by Gasteiger charge is 2.39. The Hall–Kier alpha value is -2.17. The van der Waals surface area contributed by atoms with Crippen LogP contribution in [0.15, 0.2) is 60.7 Å². The predicted molar refractivity (Wildman–Crippen MR) is 101 cm³/mol. The second-order valence-corrected chi connectivity index (χ2v) is 6.52. The van der Waals surface area contributed by atoms with E-state index >= 15 is 0 Å². The first-order valence-corrected chi connectivity index (χ1v) is 8.87. The summed E-state index contributed by atoms with van der Waals surface area (Å²) in [5.74, 6) is -0.431. The van der Waals surface area contributed by atoms with Crippen LogP contribution in [0.25, 0.3) is 0 Å². The molecule has 0 aliphatic rings. The molecule has 0 aromatic heterocycles. The molecule has 0 saturated carbocycles. The second kappa shape index (κ2) is 8.28. The lowest BCUT2D eigenvalue weighted by Crippen LogP contribution is -2.48. The number of hydrogen-bond acceptors (Lipinski definition) is 3. The third-order valence-corrected chi connectivity index (χ3v) is 5.03. The molecule has 2 rings (SSSR count). The second-order valence-electron chi connectivity index (χ2n) is 6.52. The summed E-state index contributed by atoms with van der Waals surface area (Å²) in [7, 11) is 0. The van der Waals surface area contributed by atoms with Crippen LogP contribution in [0.1, 0.15) is 44.2 Å². The molecule has 2 aromatic rings. The first-order chi connectivity index (χ1) is 12.0. The van der Waals surface area contributed by atoms with Gasteiger partial charge in [0.25, 0.3) is 5.91 Å². The van der Waals surface area contributed by atoms with Crippen LogP contribution in [-0.2, 0) is 10.4 Å². The number of aliphatic hydroxyl groups is 1. The van der Waals surface area contributed by atoms with Crippen molar-refractivity contribution >= 4 is 5.91 Å². The zero-order valence-electron chi connectivity index (χ0n) is 15.0. The minimum atomic E-state index is -1.72. The lowest BCUT2D eigenvalue weighted by atomic mass is 9.85. The van der Waals surface area contributed by atoms with Crippen LogP contribution in [0.2, 0.25) is 0 Å². The summed E-state index contributed by atoms with van der Waals surface area (Å²) in [6, 6.07) is 18.0. The van der Waals surface area contributed by atoms with E-state index in [0.29, 0.717) is 24.1 Å². The summed E-state index contributed by atoms with van der Waals surface area (Å²) in [6.07, 6.45) is 2.37. The molecule has 0 heterocycles. The zero-order valence-corrected chi connectivity index (χ0v) is 15.0. The van der Waals surface area contributed by atoms with Crippen LogP contribution in [0.5, 0.6) is 0 Å². The van der Waals surface area contributed by atoms with Crippen LogP contribution in [0, 0.1) is 0 Å². The first kappa shape index (κ1) is 19.2. The quantitative estimate of drug-likeness (QED) is 0.691. The molecule has 25 heavy (non-hydrogen) atoms. The van der Waals surface area contributed by atoms with E-state index in [-0.39, 0.29) is 5.54 Å². The highest BCUT2D eigenvalue weighted by Crippen LogP contribution is 2.30. The molecule has 4 N–H and O–H groups in total. The Kier molecular flexibility index (Phi) is 6.34. The number of hydrogen-bond donors (Lipinski definition) is 3. The zero-order chi connectivity index (χ0) is 18.3. The van der Waals surface area contributed by atoms with Gasteiger partial charge in [0.15, 0.2) is 5.60 Å². The van der Waals surface area contributed by atoms with Gasteiger partial charge in [0.1, 0.15) is 0 Å². The van der Waals surface area contributed by atoms with Gasteiger partial charge in [-0.05, 0) is 30.4 Å². The maximum atomic E-state index is 12.9. The largest absolute Gasteiger partial charge is 0.372 e. The van der Waals surface area contributed by atoms with Gasteiger partial charge in [0.05, 0.1) is 0 Å². The van der Waals surface area contributed by atoms with E-state index in [1.807, 2.05) is 36.4 Å². The van der Waals surface area contributed by atoms with E-state index in [4.69, 9.17) is 5.73 Å². The van der Waals surface area contributed by atoms with Gasteiger partial charge >= 0.3 is 0 Å². The number of carbonyl (C=O) groups excluding carboxylic acids is 1. The van der Waals surface area contributed by atoms with Gasteiger partial charge in [-0.2, -0.15) is 0 Å². The van der Waals surface area contributed by atoms with E-state index in [1.165, 1.54) is 0 Å². The number of carbonyl (C=O) groups is 1. The molecule has 0 saturated heterocycles. The van der Waals surface area contributed by atoms with Crippen molar-refractivity contribution in [3.8, 4) is 0 Å². The summed E-state index contributed by atoms with van der Waals surface area (Å²) in [5, 5.41) is 14.2. The smallest absolute Gasteiger partial charge is 0.261 e. The summed E-state index contributed by atoms with van der Waals surface area (Å²) >= 11 is 0.